The van der Waals surface area contributed by atoms with E-state index in [2.05, 4.69) is 15.8 Å². The second kappa shape index (κ2) is 6.80. The number of allylic oxidation sites excluding steroid dienone is 1. The SMILES string of the molecule is O=C(C1=CCCC2NN=C(c3ccc(F)cc3)C2=C1)N1CCNCC1. The van der Waals surface area contributed by atoms with Crippen LogP contribution in [0.2, 0.25) is 0 Å². The van der Waals surface area contributed by atoms with Gasteiger partial charge >= 0.3 is 0 Å². The average Bonchev–Trinajstić information content (AvgIpc) is 2.92. The molecule has 2 heterocycles. The Morgan fingerprint density at radius 2 is 1.96 bits per heavy atom. The number of benzene rings is 1. The molecule has 1 amide bonds. The number of amides is 1. The van der Waals surface area contributed by atoms with E-state index in [-0.39, 0.29) is 17.8 Å². The lowest BCUT2D eigenvalue weighted by Gasteiger charge is -2.27. The first-order chi connectivity index (χ1) is 12.2. The zero-order valence-electron chi connectivity index (χ0n) is 14.0. The first-order valence-electron chi connectivity index (χ1n) is 8.73. The molecule has 0 radical (unpaired) electrons. The van der Waals surface area contributed by atoms with Crippen LogP contribution >= 0.6 is 0 Å². The first kappa shape index (κ1) is 16.0. The Kier molecular flexibility index (Phi) is 4.36. The number of hydrazone groups is 1. The molecular weight excluding hydrogens is 319 g/mol. The van der Waals surface area contributed by atoms with Crippen molar-refractivity contribution in [3.8, 4) is 0 Å². The lowest BCUT2D eigenvalue weighted by molar-refractivity contribution is -0.127. The number of nitrogens with zero attached hydrogens (tertiary/aromatic N) is 2. The molecule has 6 heteroatoms. The maximum atomic E-state index is 13.2. The van der Waals surface area contributed by atoms with Crippen LogP contribution in [0.4, 0.5) is 4.39 Å². The van der Waals surface area contributed by atoms with E-state index in [9.17, 15) is 9.18 Å². The Balaban J connectivity index is 1.62. The van der Waals surface area contributed by atoms with E-state index < -0.39 is 0 Å². The van der Waals surface area contributed by atoms with Gasteiger partial charge in [-0.2, -0.15) is 5.10 Å². The number of fused-ring (bicyclic) bond motifs is 1. The van der Waals surface area contributed by atoms with Gasteiger partial charge in [0.25, 0.3) is 5.91 Å². The number of nitrogens with one attached hydrogen (secondary N) is 2. The summed E-state index contributed by atoms with van der Waals surface area (Å²) in [7, 11) is 0. The standard InChI is InChI=1S/C19H21FN4O/c20-15-6-4-13(5-7-15)18-16-12-14(2-1-3-17(16)22-23-18)19(25)24-10-8-21-9-11-24/h2,4-7,12,17,21-22H,1,3,8-11H2. The van der Waals surface area contributed by atoms with Crippen LogP contribution in [0.3, 0.4) is 0 Å². The molecule has 0 saturated carbocycles. The molecule has 25 heavy (non-hydrogen) atoms. The summed E-state index contributed by atoms with van der Waals surface area (Å²) in [5.74, 6) is -0.184. The second-order valence-corrected chi connectivity index (χ2v) is 6.53. The number of hydrogen-bond donors (Lipinski definition) is 2. The van der Waals surface area contributed by atoms with Gasteiger partial charge in [-0.25, -0.2) is 4.39 Å². The molecule has 1 fully saturated rings. The van der Waals surface area contributed by atoms with E-state index in [0.717, 1.165) is 61.4 Å². The average molecular weight is 340 g/mol. The third kappa shape index (κ3) is 3.22. The van der Waals surface area contributed by atoms with Crippen molar-refractivity contribution in [1.82, 2.24) is 15.6 Å². The van der Waals surface area contributed by atoms with Crippen molar-refractivity contribution in [2.24, 2.45) is 5.10 Å². The van der Waals surface area contributed by atoms with Gasteiger partial charge in [0.05, 0.1) is 11.8 Å². The predicted molar refractivity (Wildman–Crippen MR) is 94.7 cm³/mol. The zero-order chi connectivity index (χ0) is 17.2. The van der Waals surface area contributed by atoms with Crippen LogP contribution in [-0.4, -0.2) is 48.7 Å². The van der Waals surface area contributed by atoms with Crippen LogP contribution in [0.25, 0.3) is 0 Å². The largest absolute Gasteiger partial charge is 0.336 e. The van der Waals surface area contributed by atoms with Crippen LogP contribution in [0, 0.1) is 5.82 Å². The fourth-order valence-electron chi connectivity index (χ4n) is 3.50. The topological polar surface area (TPSA) is 56.7 Å². The zero-order valence-corrected chi connectivity index (χ0v) is 14.0. The molecular formula is C19H21FN4O. The van der Waals surface area contributed by atoms with Gasteiger partial charge in [-0.15, -0.1) is 0 Å². The molecule has 1 atom stereocenters. The molecule has 2 N–H and O–H groups in total. The van der Waals surface area contributed by atoms with Gasteiger partial charge in [-0.3, -0.25) is 4.79 Å². The monoisotopic (exact) mass is 340 g/mol. The van der Waals surface area contributed by atoms with Gasteiger partial charge in [0, 0.05) is 42.9 Å². The Bertz CT molecular complexity index is 760. The lowest BCUT2D eigenvalue weighted by atomic mass is 9.95. The van der Waals surface area contributed by atoms with Crippen molar-refractivity contribution in [2.75, 3.05) is 26.2 Å². The summed E-state index contributed by atoms with van der Waals surface area (Å²) in [6.45, 7) is 3.14. The minimum absolute atomic E-state index is 0.0833. The highest BCUT2D eigenvalue weighted by Crippen LogP contribution is 2.27. The fourth-order valence-corrected chi connectivity index (χ4v) is 3.50. The molecule has 2 aliphatic heterocycles. The van der Waals surface area contributed by atoms with E-state index in [4.69, 9.17) is 0 Å². The molecule has 5 nitrogen and oxygen atoms in total. The van der Waals surface area contributed by atoms with Crippen molar-refractivity contribution >= 4 is 11.6 Å². The van der Waals surface area contributed by atoms with Gasteiger partial charge in [0.1, 0.15) is 5.82 Å². The summed E-state index contributed by atoms with van der Waals surface area (Å²) in [6.07, 6.45) is 5.71. The summed E-state index contributed by atoms with van der Waals surface area (Å²) in [5, 5.41) is 7.71. The van der Waals surface area contributed by atoms with Crippen LogP contribution < -0.4 is 10.7 Å². The molecule has 1 aromatic rings. The van der Waals surface area contributed by atoms with Crippen LogP contribution in [-0.2, 0) is 4.79 Å². The van der Waals surface area contributed by atoms with Gasteiger partial charge < -0.3 is 15.6 Å². The van der Waals surface area contributed by atoms with E-state index in [0.29, 0.717) is 0 Å². The van der Waals surface area contributed by atoms with Crippen LogP contribution in [0.1, 0.15) is 18.4 Å². The molecule has 1 unspecified atom stereocenters. The molecule has 3 aliphatic rings. The van der Waals surface area contributed by atoms with E-state index in [1.165, 1.54) is 12.1 Å². The third-order valence-electron chi connectivity index (χ3n) is 4.88. The van der Waals surface area contributed by atoms with Gasteiger partial charge in [0.15, 0.2) is 0 Å². The minimum Gasteiger partial charge on any atom is -0.336 e. The highest BCUT2D eigenvalue weighted by Gasteiger charge is 2.29. The highest BCUT2D eigenvalue weighted by atomic mass is 19.1. The Morgan fingerprint density at radius 3 is 2.72 bits per heavy atom. The highest BCUT2D eigenvalue weighted by molar-refractivity contribution is 6.15. The lowest BCUT2D eigenvalue weighted by Crippen LogP contribution is -2.46. The van der Waals surface area contributed by atoms with Crippen molar-refractivity contribution < 1.29 is 9.18 Å². The first-order valence-corrected chi connectivity index (χ1v) is 8.73. The van der Waals surface area contributed by atoms with Crippen molar-refractivity contribution in [3.05, 3.63) is 58.9 Å². The molecule has 1 aliphatic carbocycles. The normalized spacial score (nSPS) is 23.0. The smallest absolute Gasteiger partial charge is 0.253 e. The van der Waals surface area contributed by atoms with E-state index in [1.54, 1.807) is 12.1 Å². The molecule has 130 valence electrons. The molecule has 0 bridgehead atoms. The number of piperazine rings is 1. The maximum absolute atomic E-state index is 13.2. The molecule has 4 rings (SSSR count). The van der Waals surface area contributed by atoms with Crippen molar-refractivity contribution in [1.29, 1.82) is 0 Å². The van der Waals surface area contributed by atoms with Gasteiger partial charge in [-0.05, 0) is 43.2 Å². The predicted octanol–water partition coefficient (Wildman–Crippen LogP) is 1.58. The van der Waals surface area contributed by atoms with Crippen molar-refractivity contribution in [2.45, 2.75) is 18.9 Å². The maximum Gasteiger partial charge on any atom is 0.253 e. The summed E-state index contributed by atoms with van der Waals surface area (Å²) < 4.78 is 13.2. The number of halogens is 1. The summed E-state index contributed by atoms with van der Waals surface area (Å²) >= 11 is 0. The van der Waals surface area contributed by atoms with Crippen LogP contribution in [0.15, 0.2) is 52.7 Å². The Labute approximate surface area is 146 Å². The summed E-state index contributed by atoms with van der Waals surface area (Å²) in [6, 6.07) is 6.43. The Morgan fingerprint density at radius 1 is 1.20 bits per heavy atom. The fraction of sp³-hybridized carbons (Fsp3) is 0.368. The number of carbonyl (C=O) groups is 1. The molecule has 0 aromatic heterocycles. The molecule has 1 aromatic carbocycles. The summed E-state index contributed by atoms with van der Waals surface area (Å²) in [5.41, 5.74) is 6.56. The summed E-state index contributed by atoms with van der Waals surface area (Å²) in [4.78, 5) is 14.8. The van der Waals surface area contributed by atoms with E-state index >= 15 is 0 Å². The van der Waals surface area contributed by atoms with Gasteiger partial charge in [0.2, 0.25) is 0 Å². The number of rotatable bonds is 2. The van der Waals surface area contributed by atoms with Gasteiger partial charge in [-0.1, -0.05) is 6.08 Å². The van der Waals surface area contributed by atoms with E-state index in [1.807, 2.05) is 17.1 Å². The molecule has 0 spiro atoms. The van der Waals surface area contributed by atoms with Crippen molar-refractivity contribution in [3.63, 3.8) is 0 Å². The quantitative estimate of drug-likeness (QED) is 0.859. The van der Waals surface area contributed by atoms with Crippen LogP contribution in [0.5, 0.6) is 0 Å². The number of carbonyl (C=O) groups excluding carboxylic acids is 1. The second-order valence-electron chi connectivity index (χ2n) is 6.53. The molecule has 1 saturated heterocycles. The third-order valence-corrected chi connectivity index (χ3v) is 4.88. The Hall–Kier alpha value is -2.47. The minimum atomic E-state index is -0.267. The number of hydrogen-bond acceptors (Lipinski definition) is 4.